The van der Waals surface area contributed by atoms with Gasteiger partial charge in [0.1, 0.15) is 12.4 Å². The second-order valence-electron chi connectivity index (χ2n) is 7.26. The molecule has 0 aromatic heterocycles. The number of hydrogen-bond donors (Lipinski definition) is 3. The number of hydrogen-bond acceptors (Lipinski definition) is 4. The summed E-state index contributed by atoms with van der Waals surface area (Å²) in [4.78, 5) is 10.9. The number of rotatable bonds is 10. The first-order valence-electron chi connectivity index (χ1n) is 9.91. The molecule has 0 amide bonds. The van der Waals surface area contributed by atoms with Gasteiger partial charge in [-0.2, -0.15) is 0 Å². The molecule has 0 radical (unpaired) electrons. The Labute approximate surface area is 176 Å². The van der Waals surface area contributed by atoms with Crippen LogP contribution in [0.2, 0.25) is 0 Å². The van der Waals surface area contributed by atoms with Crippen molar-refractivity contribution in [3.63, 3.8) is 0 Å². The van der Waals surface area contributed by atoms with E-state index >= 15 is 0 Å². The molecule has 1 unspecified atom stereocenters. The Hall–Kier alpha value is -3.60. The number of ether oxygens (including phenoxy) is 1. The van der Waals surface area contributed by atoms with Crippen molar-refractivity contribution in [3.8, 4) is 5.75 Å². The monoisotopic (exact) mass is 402 g/mol. The Morgan fingerprint density at radius 1 is 1.07 bits per heavy atom. The van der Waals surface area contributed by atoms with E-state index < -0.39 is 5.97 Å². The zero-order valence-corrected chi connectivity index (χ0v) is 17.0. The lowest BCUT2D eigenvalue weighted by atomic mass is 9.98. The number of aliphatic carboxylic acids is 1. The van der Waals surface area contributed by atoms with Gasteiger partial charge in [0.2, 0.25) is 0 Å². The maximum atomic E-state index is 10.9. The molecule has 3 aromatic carbocycles. The number of carboxylic acids is 1. The van der Waals surface area contributed by atoms with Crippen LogP contribution >= 0.6 is 0 Å². The average molecular weight is 402 g/mol. The summed E-state index contributed by atoms with van der Waals surface area (Å²) in [6.07, 6.45) is 1.45. The SMILES string of the molecule is CC(CC(=O)O)c1ccc(OCc2ccc(NCc3ccccc3)c(C=N)c2)cc1. The third-order valence-electron chi connectivity index (χ3n) is 4.93. The van der Waals surface area contributed by atoms with Gasteiger partial charge in [-0.15, -0.1) is 0 Å². The number of carbonyl (C=O) groups is 1. The fraction of sp³-hybridized carbons (Fsp3) is 0.200. The van der Waals surface area contributed by atoms with Crippen molar-refractivity contribution in [2.24, 2.45) is 0 Å². The van der Waals surface area contributed by atoms with Gasteiger partial charge in [-0.05, 0) is 46.9 Å². The molecule has 0 aliphatic heterocycles. The maximum absolute atomic E-state index is 10.9. The Morgan fingerprint density at radius 2 is 1.80 bits per heavy atom. The number of carboxylic acid groups (broad SMARTS) is 1. The van der Waals surface area contributed by atoms with Crippen molar-refractivity contribution in [2.45, 2.75) is 32.4 Å². The van der Waals surface area contributed by atoms with E-state index in [-0.39, 0.29) is 12.3 Å². The second kappa shape index (κ2) is 10.3. The Bertz CT molecular complexity index is 985. The fourth-order valence-electron chi connectivity index (χ4n) is 3.21. The molecular formula is C25H26N2O3. The molecule has 0 aliphatic rings. The van der Waals surface area contributed by atoms with E-state index in [4.69, 9.17) is 15.3 Å². The first kappa shape index (κ1) is 21.1. The third-order valence-corrected chi connectivity index (χ3v) is 4.93. The first-order chi connectivity index (χ1) is 14.5. The molecule has 0 bridgehead atoms. The second-order valence-corrected chi connectivity index (χ2v) is 7.26. The molecule has 5 heteroatoms. The van der Waals surface area contributed by atoms with Crippen LogP contribution in [0.3, 0.4) is 0 Å². The molecule has 3 N–H and O–H groups in total. The molecular weight excluding hydrogens is 376 g/mol. The summed E-state index contributed by atoms with van der Waals surface area (Å²) in [5.41, 5.74) is 4.85. The van der Waals surface area contributed by atoms with E-state index in [0.29, 0.717) is 13.2 Å². The Morgan fingerprint density at radius 3 is 2.47 bits per heavy atom. The quantitative estimate of drug-likeness (QED) is 0.394. The molecule has 0 saturated carbocycles. The molecule has 154 valence electrons. The van der Waals surface area contributed by atoms with E-state index in [2.05, 4.69) is 17.4 Å². The van der Waals surface area contributed by atoms with E-state index in [1.807, 2.05) is 67.6 Å². The molecule has 30 heavy (non-hydrogen) atoms. The van der Waals surface area contributed by atoms with Crippen LogP contribution in [0.1, 0.15) is 41.5 Å². The summed E-state index contributed by atoms with van der Waals surface area (Å²) >= 11 is 0. The van der Waals surface area contributed by atoms with Crippen LogP contribution < -0.4 is 10.1 Å². The maximum Gasteiger partial charge on any atom is 0.303 e. The molecule has 3 rings (SSSR count). The van der Waals surface area contributed by atoms with Gasteiger partial charge in [-0.3, -0.25) is 4.79 Å². The molecule has 1 atom stereocenters. The number of benzene rings is 3. The zero-order valence-electron chi connectivity index (χ0n) is 17.0. The van der Waals surface area contributed by atoms with Gasteiger partial charge in [0.25, 0.3) is 0 Å². The van der Waals surface area contributed by atoms with Gasteiger partial charge < -0.3 is 20.6 Å². The highest BCUT2D eigenvalue weighted by Crippen LogP contribution is 2.23. The predicted molar refractivity (Wildman–Crippen MR) is 120 cm³/mol. The summed E-state index contributed by atoms with van der Waals surface area (Å²) in [6, 6.07) is 23.6. The average Bonchev–Trinajstić information content (AvgIpc) is 2.77. The normalized spacial score (nSPS) is 11.5. The summed E-state index contributed by atoms with van der Waals surface area (Å²) in [6.45, 7) is 2.99. The molecule has 5 nitrogen and oxygen atoms in total. The lowest BCUT2D eigenvalue weighted by Gasteiger charge is -2.13. The van der Waals surface area contributed by atoms with Gasteiger partial charge in [-0.25, -0.2) is 0 Å². The highest BCUT2D eigenvalue weighted by atomic mass is 16.5. The van der Waals surface area contributed by atoms with Gasteiger partial charge in [-0.1, -0.05) is 55.5 Å². The standard InChI is InChI=1S/C25H26N2O3/c1-18(13-25(28)29)21-8-10-23(11-9-21)30-17-20-7-12-24(22(14-20)15-26)27-16-19-5-3-2-4-6-19/h2-12,14-15,18,26-27H,13,16-17H2,1H3,(H,28,29). The first-order valence-corrected chi connectivity index (χ1v) is 9.91. The minimum absolute atomic E-state index is 0.0392. The fourth-order valence-corrected chi connectivity index (χ4v) is 3.21. The van der Waals surface area contributed by atoms with E-state index in [1.165, 1.54) is 11.8 Å². The van der Waals surface area contributed by atoms with Crippen molar-refractivity contribution in [3.05, 3.63) is 95.1 Å². The molecule has 0 fully saturated rings. The van der Waals surface area contributed by atoms with E-state index in [9.17, 15) is 4.79 Å². The van der Waals surface area contributed by atoms with Crippen molar-refractivity contribution in [2.75, 3.05) is 5.32 Å². The highest BCUT2D eigenvalue weighted by molar-refractivity contribution is 5.86. The number of nitrogens with one attached hydrogen (secondary N) is 2. The molecule has 0 heterocycles. The smallest absolute Gasteiger partial charge is 0.303 e. The van der Waals surface area contributed by atoms with Crippen LogP contribution in [-0.4, -0.2) is 17.3 Å². The summed E-state index contributed by atoms with van der Waals surface area (Å²) in [5.74, 6) is -0.113. The van der Waals surface area contributed by atoms with Crippen LogP contribution in [-0.2, 0) is 17.9 Å². The van der Waals surface area contributed by atoms with Gasteiger partial charge in [0, 0.05) is 24.0 Å². The molecule has 0 saturated heterocycles. The third kappa shape index (κ3) is 5.95. The summed E-state index contributed by atoms with van der Waals surface area (Å²) < 4.78 is 5.86. The van der Waals surface area contributed by atoms with Gasteiger partial charge >= 0.3 is 5.97 Å². The molecule has 0 spiro atoms. The zero-order chi connectivity index (χ0) is 21.3. The van der Waals surface area contributed by atoms with Crippen LogP contribution in [0.4, 0.5) is 5.69 Å². The Balaban J connectivity index is 1.59. The highest BCUT2D eigenvalue weighted by Gasteiger charge is 2.10. The van der Waals surface area contributed by atoms with Crippen molar-refractivity contribution >= 4 is 17.9 Å². The van der Waals surface area contributed by atoms with E-state index in [0.717, 1.165) is 28.1 Å². The van der Waals surface area contributed by atoms with Gasteiger partial charge in [0.15, 0.2) is 0 Å². The summed E-state index contributed by atoms with van der Waals surface area (Å²) in [7, 11) is 0. The summed E-state index contributed by atoms with van der Waals surface area (Å²) in [5, 5.41) is 20.0. The van der Waals surface area contributed by atoms with Crippen molar-refractivity contribution in [1.82, 2.24) is 0 Å². The Kier molecular flexibility index (Phi) is 7.22. The van der Waals surface area contributed by atoms with Crippen LogP contribution in [0.15, 0.2) is 72.8 Å². The lowest BCUT2D eigenvalue weighted by molar-refractivity contribution is -0.137. The van der Waals surface area contributed by atoms with E-state index in [1.54, 1.807) is 0 Å². The van der Waals surface area contributed by atoms with Crippen LogP contribution in [0, 0.1) is 5.41 Å². The molecule has 0 aliphatic carbocycles. The van der Waals surface area contributed by atoms with Crippen molar-refractivity contribution < 1.29 is 14.6 Å². The van der Waals surface area contributed by atoms with Gasteiger partial charge in [0.05, 0.1) is 6.42 Å². The number of anilines is 1. The predicted octanol–water partition coefficient (Wildman–Crippen LogP) is 5.45. The largest absolute Gasteiger partial charge is 0.489 e. The topological polar surface area (TPSA) is 82.4 Å². The molecule has 3 aromatic rings. The van der Waals surface area contributed by atoms with Crippen molar-refractivity contribution in [1.29, 1.82) is 5.41 Å². The lowest BCUT2D eigenvalue weighted by Crippen LogP contribution is -2.04. The minimum Gasteiger partial charge on any atom is -0.489 e. The van der Waals surface area contributed by atoms with Crippen LogP contribution in [0.5, 0.6) is 5.75 Å². The van der Waals surface area contributed by atoms with Crippen LogP contribution in [0.25, 0.3) is 0 Å². The minimum atomic E-state index is -0.800.